The number of fused-ring (bicyclic) bond motifs is 1. The van der Waals surface area contributed by atoms with Gasteiger partial charge in [0.25, 0.3) is 5.91 Å². The predicted molar refractivity (Wildman–Crippen MR) is 130 cm³/mol. The Hall–Kier alpha value is -3.65. The van der Waals surface area contributed by atoms with E-state index in [9.17, 15) is 18.0 Å². The molecule has 8 heteroatoms. The van der Waals surface area contributed by atoms with Crippen LogP contribution in [0.25, 0.3) is 11.1 Å². The molecule has 0 aliphatic carbocycles. The van der Waals surface area contributed by atoms with Gasteiger partial charge in [-0.3, -0.25) is 9.59 Å². The average Bonchev–Trinajstić information content (AvgIpc) is 2.77. The minimum absolute atomic E-state index is 0.106. The number of nitrogens with zero attached hydrogens (tertiary/aromatic N) is 2. The van der Waals surface area contributed by atoms with Crippen LogP contribution in [0.2, 0.25) is 0 Å². The SMILES string of the molecule is CC(=O)N1c2ccc(-c3ccc(S(C)(=O)=O)cc3)cc2N(C(=O)c2cccc(N)c2)C[C@@H]1C. The zero-order valence-electron chi connectivity index (χ0n) is 18.6. The average molecular weight is 464 g/mol. The van der Waals surface area contributed by atoms with Crippen LogP contribution in [0.5, 0.6) is 0 Å². The van der Waals surface area contributed by atoms with Crippen LogP contribution in [0.4, 0.5) is 17.1 Å². The lowest BCUT2D eigenvalue weighted by molar-refractivity contribution is -0.117. The molecule has 2 N–H and O–H groups in total. The van der Waals surface area contributed by atoms with Gasteiger partial charge in [-0.25, -0.2) is 8.42 Å². The normalized spacial score (nSPS) is 15.8. The van der Waals surface area contributed by atoms with Crippen molar-refractivity contribution < 1.29 is 18.0 Å². The number of hydrogen-bond acceptors (Lipinski definition) is 5. The Morgan fingerprint density at radius 3 is 2.21 bits per heavy atom. The Kier molecular flexibility index (Phi) is 5.71. The smallest absolute Gasteiger partial charge is 0.258 e. The van der Waals surface area contributed by atoms with Crippen molar-refractivity contribution in [1.29, 1.82) is 0 Å². The zero-order chi connectivity index (χ0) is 23.9. The van der Waals surface area contributed by atoms with Crippen LogP contribution in [-0.4, -0.2) is 39.1 Å². The van der Waals surface area contributed by atoms with Gasteiger partial charge < -0.3 is 15.5 Å². The van der Waals surface area contributed by atoms with Gasteiger partial charge >= 0.3 is 0 Å². The summed E-state index contributed by atoms with van der Waals surface area (Å²) >= 11 is 0. The largest absolute Gasteiger partial charge is 0.399 e. The van der Waals surface area contributed by atoms with Gasteiger partial charge in [-0.2, -0.15) is 0 Å². The topological polar surface area (TPSA) is 101 Å². The number of nitrogens with two attached hydrogens (primary N) is 1. The second-order valence-corrected chi connectivity index (χ2v) is 10.3. The molecule has 7 nitrogen and oxygen atoms in total. The summed E-state index contributed by atoms with van der Waals surface area (Å²) in [5.41, 5.74) is 9.71. The molecule has 0 bridgehead atoms. The van der Waals surface area contributed by atoms with E-state index in [0.29, 0.717) is 29.2 Å². The van der Waals surface area contributed by atoms with Crippen LogP contribution >= 0.6 is 0 Å². The molecule has 1 heterocycles. The highest BCUT2D eigenvalue weighted by atomic mass is 32.2. The maximum Gasteiger partial charge on any atom is 0.258 e. The number of amides is 2. The number of anilines is 3. The van der Waals surface area contributed by atoms with E-state index in [1.807, 2.05) is 25.1 Å². The Morgan fingerprint density at radius 2 is 1.61 bits per heavy atom. The highest BCUT2D eigenvalue weighted by Crippen LogP contribution is 2.39. The molecule has 0 unspecified atom stereocenters. The lowest BCUT2D eigenvalue weighted by atomic mass is 10.00. The fourth-order valence-corrected chi connectivity index (χ4v) is 4.83. The number of sulfone groups is 1. The van der Waals surface area contributed by atoms with Crippen LogP contribution in [0.15, 0.2) is 71.6 Å². The maximum atomic E-state index is 13.4. The van der Waals surface area contributed by atoms with E-state index in [2.05, 4.69) is 0 Å². The lowest BCUT2D eigenvalue weighted by Crippen LogP contribution is -2.51. The summed E-state index contributed by atoms with van der Waals surface area (Å²) in [4.78, 5) is 29.4. The Morgan fingerprint density at radius 1 is 0.939 bits per heavy atom. The number of benzene rings is 3. The van der Waals surface area contributed by atoms with Gasteiger partial charge in [-0.05, 0) is 60.5 Å². The fourth-order valence-electron chi connectivity index (χ4n) is 4.20. The first-order valence-corrected chi connectivity index (χ1v) is 12.4. The standard InChI is InChI=1S/C25H25N3O4S/c1-16-15-27(25(30)20-5-4-6-21(26)13-20)24-14-19(9-12-23(24)28(16)17(2)29)18-7-10-22(11-8-18)33(3,31)32/h4-14,16H,15,26H2,1-3H3/t16-/m0/s1. The molecule has 0 spiro atoms. The van der Waals surface area contributed by atoms with Crippen molar-refractivity contribution >= 4 is 38.7 Å². The highest BCUT2D eigenvalue weighted by Gasteiger charge is 2.34. The molecule has 4 rings (SSSR count). The molecule has 0 saturated carbocycles. The fraction of sp³-hybridized carbons (Fsp3) is 0.200. The minimum Gasteiger partial charge on any atom is -0.399 e. The van der Waals surface area contributed by atoms with Gasteiger partial charge in [0.15, 0.2) is 9.84 Å². The lowest BCUT2D eigenvalue weighted by Gasteiger charge is -2.41. The van der Waals surface area contributed by atoms with E-state index < -0.39 is 9.84 Å². The summed E-state index contributed by atoms with van der Waals surface area (Å²) in [5, 5.41) is 0. The van der Waals surface area contributed by atoms with Crippen molar-refractivity contribution in [2.24, 2.45) is 0 Å². The van der Waals surface area contributed by atoms with E-state index in [-0.39, 0.29) is 22.8 Å². The van der Waals surface area contributed by atoms with Crippen LogP contribution in [0.3, 0.4) is 0 Å². The van der Waals surface area contributed by atoms with Gasteiger partial charge in [0.2, 0.25) is 5.91 Å². The minimum atomic E-state index is -3.30. The highest BCUT2D eigenvalue weighted by molar-refractivity contribution is 7.90. The first-order chi connectivity index (χ1) is 15.6. The third kappa shape index (κ3) is 4.34. The second kappa shape index (κ2) is 8.37. The number of carbonyl (C=O) groups excluding carboxylic acids is 2. The van der Waals surface area contributed by atoms with E-state index in [4.69, 9.17) is 5.73 Å². The van der Waals surface area contributed by atoms with E-state index >= 15 is 0 Å². The molecule has 0 aromatic heterocycles. The van der Waals surface area contributed by atoms with Crippen LogP contribution in [-0.2, 0) is 14.6 Å². The molecule has 33 heavy (non-hydrogen) atoms. The molecule has 0 saturated heterocycles. The van der Waals surface area contributed by atoms with Crippen LogP contribution in [0.1, 0.15) is 24.2 Å². The van der Waals surface area contributed by atoms with Gasteiger partial charge in [0.05, 0.1) is 22.3 Å². The molecule has 0 fully saturated rings. The van der Waals surface area contributed by atoms with Gasteiger partial charge in [-0.15, -0.1) is 0 Å². The number of carbonyl (C=O) groups is 2. The molecular formula is C25H25N3O4S. The number of rotatable bonds is 3. The van der Waals surface area contributed by atoms with Crippen molar-refractivity contribution in [1.82, 2.24) is 0 Å². The molecule has 3 aromatic carbocycles. The monoisotopic (exact) mass is 463 g/mol. The zero-order valence-corrected chi connectivity index (χ0v) is 19.5. The van der Waals surface area contributed by atoms with Crippen molar-refractivity contribution in [3.05, 3.63) is 72.3 Å². The molecule has 1 aliphatic heterocycles. The maximum absolute atomic E-state index is 13.4. The molecule has 3 aromatic rings. The molecule has 1 aliphatic rings. The summed E-state index contributed by atoms with van der Waals surface area (Å²) in [6.07, 6.45) is 1.16. The predicted octanol–water partition coefficient (Wildman–Crippen LogP) is 3.74. The summed E-state index contributed by atoms with van der Waals surface area (Å²) < 4.78 is 23.6. The third-order valence-electron chi connectivity index (χ3n) is 5.75. The van der Waals surface area contributed by atoms with Crippen molar-refractivity contribution in [3.8, 4) is 11.1 Å². The molecule has 170 valence electrons. The number of nitrogen functional groups attached to an aromatic ring is 1. The quantitative estimate of drug-likeness (QED) is 0.597. The van der Waals surface area contributed by atoms with Gasteiger partial charge in [0, 0.05) is 31.0 Å². The van der Waals surface area contributed by atoms with E-state index in [1.54, 1.807) is 58.3 Å². The molecular weight excluding hydrogens is 438 g/mol. The third-order valence-corrected chi connectivity index (χ3v) is 6.88. The summed E-state index contributed by atoms with van der Waals surface area (Å²) in [5.74, 6) is -0.312. The summed E-state index contributed by atoms with van der Waals surface area (Å²) in [6.45, 7) is 3.74. The second-order valence-electron chi connectivity index (χ2n) is 8.28. The van der Waals surface area contributed by atoms with Gasteiger partial charge in [0.1, 0.15) is 0 Å². The Balaban J connectivity index is 1.82. The molecule has 0 radical (unpaired) electrons. The van der Waals surface area contributed by atoms with Crippen molar-refractivity contribution in [2.45, 2.75) is 24.8 Å². The van der Waals surface area contributed by atoms with Crippen molar-refractivity contribution in [2.75, 3.05) is 28.3 Å². The first-order valence-electron chi connectivity index (χ1n) is 10.5. The van der Waals surface area contributed by atoms with Crippen molar-refractivity contribution in [3.63, 3.8) is 0 Å². The summed E-state index contributed by atoms with van der Waals surface area (Å²) in [6, 6.07) is 18.7. The van der Waals surface area contributed by atoms with E-state index in [1.165, 1.54) is 6.92 Å². The first kappa shape index (κ1) is 22.5. The molecule has 1 atom stereocenters. The number of hydrogen-bond donors (Lipinski definition) is 1. The van der Waals surface area contributed by atoms with E-state index in [0.717, 1.165) is 17.4 Å². The van der Waals surface area contributed by atoms with Crippen LogP contribution in [0, 0.1) is 0 Å². The van der Waals surface area contributed by atoms with Crippen LogP contribution < -0.4 is 15.5 Å². The Bertz CT molecular complexity index is 1350. The van der Waals surface area contributed by atoms with Gasteiger partial charge in [-0.1, -0.05) is 24.3 Å². The molecule has 2 amide bonds. The summed E-state index contributed by atoms with van der Waals surface area (Å²) in [7, 11) is -3.30. The Labute approximate surface area is 193 Å².